The van der Waals surface area contributed by atoms with Crippen molar-refractivity contribution in [2.75, 3.05) is 24.7 Å². The molecule has 0 atom stereocenters. The molecule has 0 N–H and O–H groups in total. The minimum atomic E-state index is -2.94. The van der Waals surface area contributed by atoms with E-state index in [4.69, 9.17) is 0 Å². The van der Waals surface area contributed by atoms with Crippen LogP contribution in [0.4, 0.5) is 0 Å². The van der Waals surface area contributed by atoms with Crippen molar-refractivity contribution in [3.8, 4) is 0 Å². The Kier molecular flexibility index (Phi) is 4.19. The van der Waals surface area contributed by atoms with E-state index in [1.165, 1.54) is 6.26 Å². The molecule has 1 heterocycles. The summed E-state index contributed by atoms with van der Waals surface area (Å²) in [7, 11) is -2.94. The highest BCUT2D eigenvalue weighted by atomic mass is 79.9. The van der Waals surface area contributed by atoms with Gasteiger partial charge in [-0.1, -0.05) is 15.9 Å². The van der Waals surface area contributed by atoms with Crippen LogP contribution in [0.1, 0.15) is 19.3 Å². The lowest BCUT2D eigenvalue weighted by molar-refractivity contribution is 0.271. The summed E-state index contributed by atoms with van der Waals surface area (Å²) in [5.41, 5.74) is 0. The second-order valence-corrected chi connectivity index (χ2v) is 6.36. The Morgan fingerprint density at radius 1 is 1.38 bits per heavy atom. The van der Waals surface area contributed by atoms with E-state index >= 15 is 0 Å². The maximum atomic E-state index is 11.2. The zero-order valence-electron chi connectivity index (χ0n) is 7.87. The SMILES string of the molecule is CS(=O)(=O)N1CCC(CCBr)CC1. The van der Waals surface area contributed by atoms with Gasteiger partial charge in [-0.25, -0.2) is 12.7 Å². The van der Waals surface area contributed by atoms with Crippen molar-refractivity contribution in [2.24, 2.45) is 5.92 Å². The van der Waals surface area contributed by atoms with Crippen molar-refractivity contribution >= 4 is 26.0 Å². The van der Waals surface area contributed by atoms with Crippen molar-refractivity contribution < 1.29 is 8.42 Å². The molecule has 0 radical (unpaired) electrons. The summed E-state index contributed by atoms with van der Waals surface area (Å²) in [6.45, 7) is 1.41. The van der Waals surface area contributed by atoms with E-state index in [1.807, 2.05) is 0 Å². The van der Waals surface area contributed by atoms with E-state index in [1.54, 1.807) is 4.31 Å². The Morgan fingerprint density at radius 3 is 2.31 bits per heavy atom. The molecule has 0 aromatic heterocycles. The Bertz CT molecular complexity index is 245. The van der Waals surface area contributed by atoms with E-state index in [-0.39, 0.29) is 0 Å². The number of alkyl halides is 1. The zero-order chi connectivity index (χ0) is 9.90. The molecule has 1 fully saturated rings. The summed E-state index contributed by atoms with van der Waals surface area (Å²) in [6, 6.07) is 0. The maximum absolute atomic E-state index is 11.2. The van der Waals surface area contributed by atoms with Gasteiger partial charge in [0.25, 0.3) is 0 Å². The van der Waals surface area contributed by atoms with Crippen LogP contribution in [0.15, 0.2) is 0 Å². The lowest BCUT2D eigenvalue weighted by Crippen LogP contribution is -2.37. The molecule has 0 spiro atoms. The van der Waals surface area contributed by atoms with Crippen LogP contribution in [0, 0.1) is 5.92 Å². The van der Waals surface area contributed by atoms with Crippen molar-refractivity contribution in [1.82, 2.24) is 4.31 Å². The molecule has 78 valence electrons. The predicted molar refractivity (Wildman–Crippen MR) is 57.6 cm³/mol. The van der Waals surface area contributed by atoms with Gasteiger partial charge < -0.3 is 0 Å². The monoisotopic (exact) mass is 269 g/mol. The number of nitrogens with zero attached hydrogens (tertiary/aromatic N) is 1. The molecule has 1 aliphatic rings. The van der Waals surface area contributed by atoms with Gasteiger partial charge in [0.2, 0.25) is 10.0 Å². The minimum absolute atomic E-state index is 0.705. The molecule has 0 unspecified atom stereocenters. The molecule has 0 saturated carbocycles. The summed E-state index contributed by atoms with van der Waals surface area (Å²) < 4.78 is 23.9. The highest BCUT2D eigenvalue weighted by Gasteiger charge is 2.24. The number of sulfonamides is 1. The average molecular weight is 270 g/mol. The third-order valence-corrected chi connectivity index (χ3v) is 4.32. The van der Waals surface area contributed by atoms with Gasteiger partial charge in [0.15, 0.2) is 0 Å². The largest absolute Gasteiger partial charge is 0.213 e. The lowest BCUT2D eigenvalue weighted by Gasteiger charge is -2.29. The first-order valence-corrected chi connectivity index (χ1v) is 7.52. The van der Waals surface area contributed by atoms with Gasteiger partial charge in [0.05, 0.1) is 6.26 Å². The molecule has 1 aliphatic heterocycles. The summed E-state index contributed by atoms with van der Waals surface area (Å²) in [6.07, 6.45) is 4.48. The van der Waals surface area contributed by atoms with Crippen LogP contribution in [-0.2, 0) is 10.0 Å². The molecule has 3 nitrogen and oxygen atoms in total. The van der Waals surface area contributed by atoms with Gasteiger partial charge in [-0.3, -0.25) is 0 Å². The molecule has 0 aromatic rings. The summed E-state index contributed by atoms with van der Waals surface area (Å²) in [4.78, 5) is 0. The zero-order valence-corrected chi connectivity index (χ0v) is 10.3. The smallest absolute Gasteiger partial charge is 0.211 e. The van der Waals surface area contributed by atoms with Gasteiger partial charge >= 0.3 is 0 Å². The van der Waals surface area contributed by atoms with Gasteiger partial charge in [-0.2, -0.15) is 0 Å². The van der Waals surface area contributed by atoms with Crippen LogP contribution in [-0.4, -0.2) is 37.4 Å². The molecule has 0 aliphatic carbocycles. The molecule has 0 amide bonds. The number of hydrogen-bond acceptors (Lipinski definition) is 2. The Hall–Kier alpha value is 0.390. The topological polar surface area (TPSA) is 37.4 Å². The fourth-order valence-electron chi connectivity index (χ4n) is 1.68. The van der Waals surface area contributed by atoms with Crippen LogP contribution < -0.4 is 0 Å². The standard InChI is InChI=1S/C8H16BrNO2S/c1-13(11,12)10-6-3-8(2-5-9)4-7-10/h8H,2-7H2,1H3. The number of rotatable bonds is 3. The molecule has 1 rings (SSSR count). The molecule has 1 saturated heterocycles. The highest BCUT2D eigenvalue weighted by Crippen LogP contribution is 2.22. The van der Waals surface area contributed by atoms with E-state index in [0.717, 1.165) is 24.6 Å². The summed E-state index contributed by atoms with van der Waals surface area (Å²) >= 11 is 3.41. The molecule has 13 heavy (non-hydrogen) atoms. The summed E-state index contributed by atoms with van der Waals surface area (Å²) in [5, 5.41) is 1.02. The lowest BCUT2D eigenvalue weighted by atomic mass is 9.96. The van der Waals surface area contributed by atoms with E-state index in [2.05, 4.69) is 15.9 Å². The number of halogens is 1. The average Bonchev–Trinajstić information content (AvgIpc) is 2.04. The highest BCUT2D eigenvalue weighted by molar-refractivity contribution is 9.09. The second kappa shape index (κ2) is 4.75. The second-order valence-electron chi connectivity index (χ2n) is 3.58. The molecule has 0 aromatic carbocycles. The van der Waals surface area contributed by atoms with Gasteiger partial charge in [-0.05, 0) is 25.2 Å². The number of hydrogen-bond donors (Lipinski definition) is 0. The third-order valence-electron chi connectivity index (χ3n) is 2.56. The first kappa shape index (κ1) is 11.5. The van der Waals surface area contributed by atoms with Crippen molar-refractivity contribution in [1.29, 1.82) is 0 Å². The van der Waals surface area contributed by atoms with Crippen molar-refractivity contribution in [2.45, 2.75) is 19.3 Å². The first-order valence-electron chi connectivity index (χ1n) is 4.55. The Labute approximate surface area is 88.7 Å². The normalized spacial score (nSPS) is 22.0. The van der Waals surface area contributed by atoms with Gasteiger partial charge in [0.1, 0.15) is 0 Å². The molecular weight excluding hydrogens is 254 g/mol. The quantitative estimate of drug-likeness (QED) is 0.728. The van der Waals surface area contributed by atoms with E-state index in [0.29, 0.717) is 19.0 Å². The van der Waals surface area contributed by atoms with E-state index < -0.39 is 10.0 Å². The summed E-state index contributed by atoms with van der Waals surface area (Å²) in [5.74, 6) is 0.706. The maximum Gasteiger partial charge on any atom is 0.211 e. The minimum Gasteiger partial charge on any atom is -0.213 e. The van der Waals surface area contributed by atoms with Crippen LogP contribution in [0.2, 0.25) is 0 Å². The third kappa shape index (κ3) is 3.56. The van der Waals surface area contributed by atoms with Crippen LogP contribution >= 0.6 is 15.9 Å². The Morgan fingerprint density at radius 2 is 1.92 bits per heavy atom. The van der Waals surface area contributed by atoms with Crippen molar-refractivity contribution in [3.05, 3.63) is 0 Å². The fraction of sp³-hybridized carbons (Fsp3) is 1.00. The van der Waals surface area contributed by atoms with Crippen molar-refractivity contribution in [3.63, 3.8) is 0 Å². The van der Waals surface area contributed by atoms with Gasteiger partial charge in [0, 0.05) is 18.4 Å². The fourth-order valence-corrected chi connectivity index (χ4v) is 3.21. The number of piperidine rings is 1. The van der Waals surface area contributed by atoms with Crippen LogP contribution in [0.5, 0.6) is 0 Å². The molecule has 5 heteroatoms. The van der Waals surface area contributed by atoms with E-state index in [9.17, 15) is 8.42 Å². The molecule has 0 bridgehead atoms. The first-order chi connectivity index (χ1) is 6.04. The van der Waals surface area contributed by atoms with Crippen LogP contribution in [0.25, 0.3) is 0 Å². The predicted octanol–water partition coefficient (Wildman–Crippen LogP) is 1.44. The van der Waals surface area contributed by atoms with Gasteiger partial charge in [-0.15, -0.1) is 0 Å². The van der Waals surface area contributed by atoms with Crippen LogP contribution in [0.3, 0.4) is 0 Å². The molecular formula is C8H16BrNO2S. The Balaban J connectivity index is 2.39.